The highest BCUT2D eigenvalue weighted by Gasteiger charge is 2.21. The zero-order valence-corrected chi connectivity index (χ0v) is 10.6. The summed E-state index contributed by atoms with van der Waals surface area (Å²) in [6.45, 7) is 0. The van der Waals surface area contributed by atoms with E-state index in [-0.39, 0.29) is 5.56 Å². The first-order chi connectivity index (χ1) is 8.52. The fourth-order valence-electron chi connectivity index (χ4n) is 1.56. The summed E-state index contributed by atoms with van der Waals surface area (Å²) < 4.78 is 40.1. The molecule has 1 aromatic carbocycles. The second-order valence-electron chi connectivity index (χ2n) is 3.61. The summed E-state index contributed by atoms with van der Waals surface area (Å²) in [6.07, 6.45) is 1.48. The third-order valence-electron chi connectivity index (χ3n) is 2.48. The molecular formula is C12H8BrF3N2. The summed E-state index contributed by atoms with van der Waals surface area (Å²) in [5.41, 5.74) is 6.02. The van der Waals surface area contributed by atoms with Crippen LogP contribution in [0.15, 0.2) is 34.9 Å². The molecule has 0 aliphatic rings. The zero-order chi connectivity index (χ0) is 13.3. The summed E-state index contributed by atoms with van der Waals surface area (Å²) in [7, 11) is 0. The number of rotatable bonds is 2. The Labute approximate surface area is 110 Å². The molecule has 0 aliphatic carbocycles. The minimum Gasteiger partial charge on any atom is -0.319 e. The second kappa shape index (κ2) is 5.07. The van der Waals surface area contributed by atoms with Crippen molar-refractivity contribution in [2.45, 2.75) is 6.04 Å². The molecule has 2 rings (SSSR count). The molecule has 2 aromatic rings. The molecule has 1 unspecified atom stereocenters. The number of nitrogens with zero attached hydrogens (tertiary/aromatic N) is 1. The summed E-state index contributed by atoms with van der Waals surface area (Å²) in [5, 5.41) is 0. The highest BCUT2D eigenvalue weighted by atomic mass is 79.9. The van der Waals surface area contributed by atoms with Crippen LogP contribution in [0.2, 0.25) is 0 Å². The van der Waals surface area contributed by atoms with Crippen LogP contribution >= 0.6 is 15.9 Å². The zero-order valence-electron chi connectivity index (χ0n) is 9.00. The number of aromatic nitrogens is 1. The van der Waals surface area contributed by atoms with Crippen molar-refractivity contribution in [3.05, 3.63) is 63.6 Å². The van der Waals surface area contributed by atoms with Gasteiger partial charge in [-0.1, -0.05) is 6.07 Å². The summed E-state index contributed by atoms with van der Waals surface area (Å²) >= 11 is 3.22. The van der Waals surface area contributed by atoms with Crippen LogP contribution in [0.5, 0.6) is 0 Å². The van der Waals surface area contributed by atoms with E-state index in [1.54, 1.807) is 12.1 Å². The Morgan fingerprint density at radius 1 is 1.11 bits per heavy atom. The normalized spacial score (nSPS) is 12.5. The van der Waals surface area contributed by atoms with Gasteiger partial charge < -0.3 is 5.73 Å². The van der Waals surface area contributed by atoms with Crippen LogP contribution in [-0.2, 0) is 0 Å². The summed E-state index contributed by atoms with van der Waals surface area (Å²) in [6, 6.07) is 4.32. The van der Waals surface area contributed by atoms with Crippen molar-refractivity contribution >= 4 is 15.9 Å². The molecule has 0 saturated heterocycles. The Kier molecular flexibility index (Phi) is 3.68. The van der Waals surface area contributed by atoms with Crippen LogP contribution in [0.3, 0.4) is 0 Å². The Bertz CT molecular complexity index is 590. The quantitative estimate of drug-likeness (QED) is 0.863. The Morgan fingerprint density at radius 3 is 2.50 bits per heavy atom. The largest absolute Gasteiger partial charge is 0.319 e. The van der Waals surface area contributed by atoms with Crippen molar-refractivity contribution in [3.8, 4) is 0 Å². The molecule has 0 radical (unpaired) electrons. The maximum Gasteiger partial charge on any atom is 0.194 e. The molecule has 0 aliphatic heterocycles. The molecule has 1 atom stereocenters. The molecule has 6 heteroatoms. The van der Waals surface area contributed by atoms with E-state index in [9.17, 15) is 13.2 Å². The van der Waals surface area contributed by atoms with E-state index in [0.717, 1.165) is 12.1 Å². The van der Waals surface area contributed by atoms with Gasteiger partial charge in [0.1, 0.15) is 0 Å². The van der Waals surface area contributed by atoms with Gasteiger partial charge in [-0.2, -0.15) is 0 Å². The smallest absolute Gasteiger partial charge is 0.194 e. The van der Waals surface area contributed by atoms with Crippen molar-refractivity contribution in [2.24, 2.45) is 5.73 Å². The van der Waals surface area contributed by atoms with Gasteiger partial charge in [0.2, 0.25) is 0 Å². The standard InChI is InChI=1S/C12H8BrF3N2/c13-7-2-1-5-18-12(7)11(17)6-3-4-8(14)10(16)9(6)15/h1-5,11H,17H2. The SMILES string of the molecule is NC(c1ccc(F)c(F)c1F)c1ncccc1Br. The molecule has 1 aromatic heterocycles. The first-order valence-corrected chi connectivity index (χ1v) is 5.81. The lowest BCUT2D eigenvalue weighted by Gasteiger charge is -2.14. The minimum atomic E-state index is -1.53. The molecule has 18 heavy (non-hydrogen) atoms. The van der Waals surface area contributed by atoms with Crippen LogP contribution < -0.4 is 5.73 Å². The van der Waals surface area contributed by atoms with Crippen molar-refractivity contribution in [1.82, 2.24) is 4.98 Å². The predicted molar refractivity (Wildman–Crippen MR) is 64.3 cm³/mol. The molecule has 2 nitrogen and oxygen atoms in total. The number of halogens is 4. The van der Waals surface area contributed by atoms with Crippen LogP contribution in [0.25, 0.3) is 0 Å². The summed E-state index contributed by atoms with van der Waals surface area (Å²) in [5.74, 6) is -4.07. The molecule has 0 amide bonds. The van der Waals surface area contributed by atoms with Crippen LogP contribution in [0, 0.1) is 17.5 Å². The van der Waals surface area contributed by atoms with Crippen molar-refractivity contribution in [3.63, 3.8) is 0 Å². The number of hydrogen-bond acceptors (Lipinski definition) is 2. The molecule has 0 saturated carbocycles. The van der Waals surface area contributed by atoms with E-state index < -0.39 is 23.5 Å². The molecular weight excluding hydrogens is 309 g/mol. The number of benzene rings is 1. The third kappa shape index (κ3) is 2.26. The van der Waals surface area contributed by atoms with E-state index in [1.807, 2.05) is 0 Å². The second-order valence-corrected chi connectivity index (χ2v) is 4.47. The first kappa shape index (κ1) is 13.0. The fourth-order valence-corrected chi connectivity index (χ4v) is 2.06. The van der Waals surface area contributed by atoms with E-state index in [0.29, 0.717) is 10.2 Å². The van der Waals surface area contributed by atoms with Gasteiger partial charge in [-0.05, 0) is 34.1 Å². The minimum absolute atomic E-state index is 0.145. The Morgan fingerprint density at radius 2 is 1.83 bits per heavy atom. The van der Waals surface area contributed by atoms with Crippen molar-refractivity contribution < 1.29 is 13.2 Å². The van der Waals surface area contributed by atoms with Crippen LogP contribution in [-0.4, -0.2) is 4.98 Å². The number of pyridine rings is 1. The molecule has 1 heterocycles. The van der Waals surface area contributed by atoms with Crippen LogP contribution in [0.1, 0.15) is 17.3 Å². The number of hydrogen-bond donors (Lipinski definition) is 1. The maximum absolute atomic E-state index is 13.6. The predicted octanol–water partition coefficient (Wildman–Crippen LogP) is 3.31. The molecule has 0 fully saturated rings. The molecule has 2 N–H and O–H groups in total. The molecule has 94 valence electrons. The molecule has 0 spiro atoms. The van der Waals surface area contributed by atoms with Gasteiger partial charge in [0.05, 0.1) is 11.7 Å². The van der Waals surface area contributed by atoms with E-state index in [4.69, 9.17) is 5.73 Å². The Balaban J connectivity index is 2.50. The van der Waals surface area contributed by atoms with Gasteiger partial charge in [-0.25, -0.2) is 13.2 Å². The lowest BCUT2D eigenvalue weighted by atomic mass is 10.0. The van der Waals surface area contributed by atoms with Gasteiger partial charge >= 0.3 is 0 Å². The van der Waals surface area contributed by atoms with E-state index >= 15 is 0 Å². The van der Waals surface area contributed by atoms with Gasteiger partial charge in [-0.15, -0.1) is 0 Å². The van der Waals surface area contributed by atoms with Gasteiger partial charge in [0.25, 0.3) is 0 Å². The highest BCUT2D eigenvalue weighted by molar-refractivity contribution is 9.10. The van der Waals surface area contributed by atoms with Gasteiger partial charge in [0.15, 0.2) is 17.5 Å². The highest BCUT2D eigenvalue weighted by Crippen LogP contribution is 2.27. The van der Waals surface area contributed by atoms with E-state index in [1.165, 1.54) is 6.20 Å². The van der Waals surface area contributed by atoms with Crippen molar-refractivity contribution in [1.29, 1.82) is 0 Å². The Hall–Kier alpha value is -1.40. The van der Waals surface area contributed by atoms with E-state index in [2.05, 4.69) is 20.9 Å². The number of nitrogens with two attached hydrogens (primary N) is 1. The van der Waals surface area contributed by atoms with Crippen LogP contribution in [0.4, 0.5) is 13.2 Å². The first-order valence-electron chi connectivity index (χ1n) is 5.01. The summed E-state index contributed by atoms with van der Waals surface area (Å²) in [4.78, 5) is 3.99. The average Bonchev–Trinajstić information content (AvgIpc) is 2.36. The monoisotopic (exact) mass is 316 g/mol. The lowest BCUT2D eigenvalue weighted by molar-refractivity contribution is 0.438. The average molecular weight is 317 g/mol. The lowest BCUT2D eigenvalue weighted by Crippen LogP contribution is -2.16. The molecule has 0 bridgehead atoms. The van der Waals surface area contributed by atoms with Gasteiger partial charge in [0, 0.05) is 16.2 Å². The van der Waals surface area contributed by atoms with Crippen molar-refractivity contribution in [2.75, 3.05) is 0 Å². The maximum atomic E-state index is 13.6. The topological polar surface area (TPSA) is 38.9 Å². The fraction of sp³-hybridized carbons (Fsp3) is 0.0833. The third-order valence-corrected chi connectivity index (χ3v) is 3.15. The van der Waals surface area contributed by atoms with Gasteiger partial charge in [-0.3, -0.25) is 4.98 Å².